The summed E-state index contributed by atoms with van der Waals surface area (Å²) in [7, 11) is 0. The van der Waals surface area contributed by atoms with Gasteiger partial charge in [-0.3, -0.25) is 14.5 Å². The van der Waals surface area contributed by atoms with Crippen LogP contribution in [0, 0.1) is 5.82 Å². The number of carboxylic acid groups (broad SMARTS) is 1. The Morgan fingerprint density at radius 2 is 2.08 bits per heavy atom. The van der Waals surface area contributed by atoms with Crippen LogP contribution in [-0.4, -0.2) is 65.6 Å². The Labute approximate surface area is 147 Å². The van der Waals surface area contributed by atoms with E-state index in [-0.39, 0.29) is 30.1 Å². The Morgan fingerprint density at radius 1 is 1.32 bits per heavy atom. The van der Waals surface area contributed by atoms with Crippen molar-refractivity contribution in [2.24, 2.45) is 0 Å². The fraction of sp³-hybridized carbons (Fsp3) is 0.556. The summed E-state index contributed by atoms with van der Waals surface area (Å²) in [5, 5.41) is 8.98. The summed E-state index contributed by atoms with van der Waals surface area (Å²) in [6.07, 6.45) is 2.40. The third-order valence-electron chi connectivity index (χ3n) is 4.44. The van der Waals surface area contributed by atoms with Gasteiger partial charge in [0.25, 0.3) is 0 Å². The molecule has 0 aliphatic carbocycles. The molecule has 138 valence electrons. The average molecular weight is 352 g/mol. The van der Waals surface area contributed by atoms with Crippen molar-refractivity contribution in [1.82, 2.24) is 9.80 Å². The van der Waals surface area contributed by atoms with Crippen LogP contribution in [0.3, 0.4) is 0 Å². The SMILES string of the molecule is CC(=O)N(CC(=O)O)C1CCCN(CCOc2ccccc2F)CC1. The maximum absolute atomic E-state index is 13.5. The Kier molecular flexibility index (Phi) is 7.18. The van der Waals surface area contributed by atoms with E-state index in [0.717, 1.165) is 32.4 Å². The number of hydrogen-bond donors (Lipinski definition) is 1. The van der Waals surface area contributed by atoms with E-state index in [1.54, 1.807) is 18.2 Å². The van der Waals surface area contributed by atoms with Gasteiger partial charge in [0.15, 0.2) is 11.6 Å². The van der Waals surface area contributed by atoms with Crippen LogP contribution in [0.4, 0.5) is 4.39 Å². The van der Waals surface area contributed by atoms with E-state index in [9.17, 15) is 14.0 Å². The number of carbonyl (C=O) groups excluding carboxylic acids is 1. The Hall–Kier alpha value is -2.15. The minimum absolute atomic E-state index is 0.0499. The van der Waals surface area contributed by atoms with Crippen LogP contribution in [0.1, 0.15) is 26.2 Å². The standard InChI is InChI=1S/C18H25FN2O4/c1-14(22)21(13-18(23)24)15-5-4-9-20(10-8-15)11-12-25-17-7-3-2-6-16(17)19/h2-3,6-7,15H,4-5,8-13H2,1H3,(H,23,24). The number of aliphatic carboxylic acids is 1. The van der Waals surface area contributed by atoms with E-state index in [4.69, 9.17) is 9.84 Å². The molecule has 1 aliphatic heterocycles. The highest BCUT2D eigenvalue weighted by molar-refractivity contribution is 5.79. The van der Waals surface area contributed by atoms with Gasteiger partial charge in [0.05, 0.1) is 0 Å². The number of carboxylic acids is 1. The zero-order valence-electron chi connectivity index (χ0n) is 14.5. The van der Waals surface area contributed by atoms with Crippen LogP contribution in [0.15, 0.2) is 24.3 Å². The number of halogens is 1. The quantitative estimate of drug-likeness (QED) is 0.813. The maximum atomic E-state index is 13.5. The Morgan fingerprint density at radius 3 is 2.76 bits per heavy atom. The lowest BCUT2D eigenvalue weighted by Gasteiger charge is -2.29. The zero-order valence-corrected chi connectivity index (χ0v) is 14.5. The van der Waals surface area contributed by atoms with Crippen molar-refractivity contribution < 1.29 is 23.8 Å². The van der Waals surface area contributed by atoms with Gasteiger partial charge in [0, 0.05) is 26.1 Å². The minimum Gasteiger partial charge on any atom is -0.489 e. The van der Waals surface area contributed by atoms with Crippen LogP contribution >= 0.6 is 0 Å². The second-order valence-corrected chi connectivity index (χ2v) is 6.25. The second kappa shape index (κ2) is 9.36. The minimum atomic E-state index is -0.991. The molecule has 1 saturated heterocycles. The highest BCUT2D eigenvalue weighted by Crippen LogP contribution is 2.18. The van der Waals surface area contributed by atoms with E-state index in [0.29, 0.717) is 13.2 Å². The normalized spacial score (nSPS) is 18.4. The van der Waals surface area contributed by atoms with Crippen molar-refractivity contribution in [3.05, 3.63) is 30.1 Å². The van der Waals surface area contributed by atoms with Gasteiger partial charge >= 0.3 is 5.97 Å². The molecule has 0 bridgehead atoms. The van der Waals surface area contributed by atoms with E-state index in [1.807, 2.05) is 0 Å². The van der Waals surface area contributed by atoms with Gasteiger partial charge in [-0.2, -0.15) is 0 Å². The summed E-state index contributed by atoms with van der Waals surface area (Å²) in [5.41, 5.74) is 0. The first kappa shape index (κ1) is 19.2. The monoisotopic (exact) mass is 352 g/mol. The lowest BCUT2D eigenvalue weighted by molar-refractivity contribution is -0.145. The first-order valence-electron chi connectivity index (χ1n) is 8.56. The molecule has 2 rings (SSSR count). The lowest BCUT2D eigenvalue weighted by Crippen LogP contribution is -2.42. The number of amides is 1. The van der Waals surface area contributed by atoms with E-state index >= 15 is 0 Å². The van der Waals surface area contributed by atoms with Gasteiger partial charge in [0.2, 0.25) is 5.91 Å². The lowest BCUT2D eigenvalue weighted by atomic mass is 10.1. The van der Waals surface area contributed by atoms with Crippen molar-refractivity contribution in [2.45, 2.75) is 32.2 Å². The molecule has 1 unspecified atom stereocenters. The van der Waals surface area contributed by atoms with Crippen molar-refractivity contribution in [3.63, 3.8) is 0 Å². The fourth-order valence-electron chi connectivity index (χ4n) is 3.16. The molecular weight excluding hydrogens is 327 g/mol. The van der Waals surface area contributed by atoms with Crippen LogP contribution in [0.5, 0.6) is 5.75 Å². The molecule has 1 N–H and O–H groups in total. The highest BCUT2D eigenvalue weighted by Gasteiger charge is 2.26. The summed E-state index contributed by atoms with van der Waals surface area (Å²) in [6, 6.07) is 6.27. The number of ether oxygens (including phenoxy) is 1. The van der Waals surface area contributed by atoms with Gasteiger partial charge in [0.1, 0.15) is 13.2 Å². The number of benzene rings is 1. The first-order valence-corrected chi connectivity index (χ1v) is 8.56. The van der Waals surface area contributed by atoms with Gasteiger partial charge in [-0.1, -0.05) is 12.1 Å². The largest absolute Gasteiger partial charge is 0.489 e. The van der Waals surface area contributed by atoms with E-state index in [2.05, 4.69) is 4.90 Å². The number of carbonyl (C=O) groups is 2. The van der Waals surface area contributed by atoms with Gasteiger partial charge in [-0.15, -0.1) is 0 Å². The van der Waals surface area contributed by atoms with Crippen LogP contribution < -0.4 is 4.74 Å². The Bertz CT molecular complexity index is 596. The average Bonchev–Trinajstić information content (AvgIpc) is 2.79. The number of likely N-dealkylation sites (tertiary alicyclic amines) is 1. The predicted molar refractivity (Wildman–Crippen MR) is 91.0 cm³/mol. The number of nitrogens with zero attached hydrogens (tertiary/aromatic N) is 2. The molecule has 0 spiro atoms. The van der Waals surface area contributed by atoms with Gasteiger partial charge < -0.3 is 14.7 Å². The molecule has 0 saturated carbocycles. The molecule has 1 aromatic carbocycles. The summed E-state index contributed by atoms with van der Waals surface area (Å²) in [6.45, 7) is 3.83. The van der Waals surface area contributed by atoms with Gasteiger partial charge in [-0.25, -0.2) is 4.39 Å². The molecule has 25 heavy (non-hydrogen) atoms. The first-order chi connectivity index (χ1) is 12.0. The van der Waals surface area contributed by atoms with Crippen molar-refractivity contribution >= 4 is 11.9 Å². The fourth-order valence-corrected chi connectivity index (χ4v) is 3.16. The van der Waals surface area contributed by atoms with E-state index < -0.39 is 5.97 Å². The molecule has 1 fully saturated rings. The van der Waals surface area contributed by atoms with Crippen molar-refractivity contribution in [1.29, 1.82) is 0 Å². The third-order valence-corrected chi connectivity index (χ3v) is 4.44. The highest BCUT2D eigenvalue weighted by atomic mass is 19.1. The number of rotatable bonds is 7. The molecule has 1 atom stereocenters. The third kappa shape index (κ3) is 6.01. The predicted octanol–water partition coefficient (Wildman–Crippen LogP) is 1.99. The van der Waals surface area contributed by atoms with Gasteiger partial charge in [-0.05, 0) is 37.9 Å². The molecule has 1 amide bonds. The number of para-hydroxylation sites is 1. The molecule has 1 heterocycles. The van der Waals surface area contributed by atoms with Crippen molar-refractivity contribution in [2.75, 3.05) is 32.8 Å². The smallest absolute Gasteiger partial charge is 0.323 e. The Balaban J connectivity index is 1.81. The zero-order chi connectivity index (χ0) is 18.2. The van der Waals surface area contributed by atoms with Crippen LogP contribution in [-0.2, 0) is 9.59 Å². The molecule has 6 nitrogen and oxygen atoms in total. The second-order valence-electron chi connectivity index (χ2n) is 6.25. The topological polar surface area (TPSA) is 70.1 Å². The van der Waals surface area contributed by atoms with Crippen molar-refractivity contribution in [3.8, 4) is 5.75 Å². The molecule has 1 aliphatic rings. The maximum Gasteiger partial charge on any atom is 0.323 e. The summed E-state index contributed by atoms with van der Waals surface area (Å²) in [4.78, 5) is 26.3. The molecule has 1 aromatic rings. The summed E-state index contributed by atoms with van der Waals surface area (Å²) < 4.78 is 19.0. The van der Waals surface area contributed by atoms with Crippen LogP contribution in [0.25, 0.3) is 0 Å². The molecular formula is C18H25FN2O4. The van der Waals surface area contributed by atoms with E-state index in [1.165, 1.54) is 17.9 Å². The number of hydrogen-bond acceptors (Lipinski definition) is 4. The summed E-state index contributed by atoms with van der Waals surface area (Å²) >= 11 is 0. The molecule has 0 aromatic heterocycles. The molecule has 7 heteroatoms. The summed E-state index contributed by atoms with van der Waals surface area (Å²) in [5.74, 6) is -1.32. The van der Waals surface area contributed by atoms with Crippen LogP contribution in [0.2, 0.25) is 0 Å². The molecule has 0 radical (unpaired) electrons.